The predicted octanol–water partition coefficient (Wildman–Crippen LogP) is 4.21. The highest BCUT2D eigenvalue weighted by Gasteiger charge is 2.23. The zero-order valence-corrected chi connectivity index (χ0v) is 15.9. The first-order valence-electron chi connectivity index (χ1n) is 8.66. The van der Waals surface area contributed by atoms with E-state index in [4.69, 9.17) is 20.9 Å². The molecule has 0 radical (unpaired) electrons. The number of likely N-dealkylation sites (N-methyl/N-ethyl adjacent to an activating group) is 1. The molecule has 0 aliphatic carbocycles. The van der Waals surface area contributed by atoms with Crippen LogP contribution in [-0.4, -0.2) is 33.6 Å². The van der Waals surface area contributed by atoms with Gasteiger partial charge in [0.05, 0.1) is 0 Å². The van der Waals surface area contributed by atoms with Gasteiger partial charge in [-0.2, -0.15) is 4.98 Å². The van der Waals surface area contributed by atoms with E-state index in [0.717, 1.165) is 5.56 Å². The fourth-order valence-corrected chi connectivity index (χ4v) is 2.76. The average Bonchev–Trinajstić information content (AvgIpc) is 3.15. The van der Waals surface area contributed by atoms with Gasteiger partial charge in [0.25, 0.3) is 5.91 Å². The number of hydrogen-bond donors (Lipinski definition) is 0. The molecule has 0 bridgehead atoms. The lowest BCUT2D eigenvalue weighted by Crippen LogP contribution is -2.40. The summed E-state index contributed by atoms with van der Waals surface area (Å²) in [6, 6.07) is 16.5. The first-order valence-corrected chi connectivity index (χ1v) is 9.03. The number of amides is 1. The van der Waals surface area contributed by atoms with Crippen molar-refractivity contribution in [1.29, 1.82) is 0 Å². The number of halogens is 1. The summed E-state index contributed by atoms with van der Waals surface area (Å²) in [5, 5.41) is 4.54. The molecule has 1 atom stereocenters. The monoisotopic (exact) mass is 385 g/mol. The second-order valence-electron chi connectivity index (χ2n) is 5.95. The molecule has 0 saturated carbocycles. The molecule has 1 unspecified atom stereocenters. The standard InChI is InChI=1S/C20H20ClN3O3/c1-3-24(20(25)14(2)26-17-11-7-10-16(21)12-17)13-18-22-19(23-27-18)15-8-5-4-6-9-15/h4-12,14H,3,13H2,1-2H3. The van der Waals surface area contributed by atoms with Gasteiger partial charge in [-0.3, -0.25) is 4.79 Å². The van der Waals surface area contributed by atoms with Crippen molar-refractivity contribution in [3.05, 3.63) is 65.5 Å². The van der Waals surface area contributed by atoms with E-state index in [1.165, 1.54) is 0 Å². The van der Waals surface area contributed by atoms with Crippen LogP contribution in [0.3, 0.4) is 0 Å². The number of benzene rings is 2. The summed E-state index contributed by atoms with van der Waals surface area (Å²) in [5.74, 6) is 1.25. The van der Waals surface area contributed by atoms with Gasteiger partial charge in [-0.15, -0.1) is 0 Å². The van der Waals surface area contributed by atoms with E-state index < -0.39 is 6.10 Å². The van der Waals surface area contributed by atoms with E-state index in [2.05, 4.69) is 10.1 Å². The van der Waals surface area contributed by atoms with Crippen LogP contribution in [0.1, 0.15) is 19.7 Å². The lowest BCUT2D eigenvalue weighted by molar-refractivity contribution is -0.138. The van der Waals surface area contributed by atoms with Crippen LogP contribution in [0.25, 0.3) is 11.4 Å². The van der Waals surface area contributed by atoms with Gasteiger partial charge in [0.1, 0.15) is 12.3 Å². The number of carbonyl (C=O) groups is 1. The molecule has 0 fully saturated rings. The van der Waals surface area contributed by atoms with Crippen LogP contribution in [0.5, 0.6) is 5.75 Å². The Balaban J connectivity index is 1.66. The maximum atomic E-state index is 12.7. The first-order chi connectivity index (χ1) is 13.1. The van der Waals surface area contributed by atoms with Crippen molar-refractivity contribution < 1.29 is 14.1 Å². The molecule has 1 amide bonds. The SMILES string of the molecule is CCN(Cc1nc(-c2ccccc2)no1)C(=O)C(C)Oc1cccc(Cl)c1. The number of carbonyl (C=O) groups excluding carboxylic acids is 1. The predicted molar refractivity (Wildman–Crippen MR) is 102 cm³/mol. The summed E-state index contributed by atoms with van der Waals surface area (Å²) in [7, 11) is 0. The van der Waals surface area contributed by atoms with E-state index in [1.54, 1.807) is 36.1 Å². The molecule has 7 heteroatoms. The third-order valence-corrected chi connectivity index (χ3v) is 4.21. The van der Waals surface area contributed by atoms with Crippen LogP contribution in [-0.2, 0) is 11.3 Å². The molecule has 1 heterocycles. The van der Waals surface area contributed by atoms with Crippen molar-refractivity contribution in [3.8, 4) is 17.1 Å². The van der Waals surface area contributed by atoms with Crippen LogP contribution in [0.4, 0.5) is 0 Å². The number of rotatable bonds is 7. The molecule has 3 rings (SSSR count). The number of nitrogens with zero attached hydrogens (tertiary/aromatic N) is 3. The number of ether oxygens (including phenoxy) is 1. The van der Waals surface area contributed by atoms with Crippen LogP contribution < -0.4 is 4.74 Å². The van der Waals surface area contributed by atoms with Gasteiger partial charge in [-0.1, -0.05) is 53.2 Å². The minimum Gasteiger partial charge on any atom is -0.481 e. The van der Waals surface area contributed by atoms with Gasteiger partial charge in [0, 0.05) is 17.1 Å². The van der Waals surface area contributed by atoms with Gasteiger partial charge >= 0.3 is 0 Å². The normalized spacial score (nSPS) is 11.8. The minimum atomic E-state index is -0.667. The highest BCUT2D eigenvalue weighted by molar-refractivity contribution is 6.30. The summed E-state index contributed by atoms with van der Waals surface area (Å²) in [5.41, 5.74) is 0.861. The molecule has 0 aliphatic heterocycles. The van der Waals surface area contributed by atoms with Crippen LogP contribution in [0.2, 0.25) is 5.02 Å². The second kappa shape index (κ2) is 8.68. The zero-order valence-electron chi connectivity index (χ0n) is 15.1. The maximum Gasteiger partial charge on any atom is 0.263 e. The molecule has 27 heavy (non-hydrogen) atoms. The summed E-state index contributed by atoms with van der Waals surface area (Å²) >= 11 is 5.95. The third-order valence-electron chi connectivity index (χ3n) is 3.98. The Morgan fingerprint density at radius 3 is 2.70 bits per heavy atom. The fourth-order valence-electron chi connectivity index (χ4n) is 2.58. The van der Waals surface area contributed by atoms with E-state index in [0.29, 0.717) is 29.0 Å². The quantitative estimate of drug-likeness (QED) is 0.609. The van der Waals surface area contributed by atoms with Gasteiger partial charge in [-0.05, 0) is 32.0 Å². The van der Waals surface area contributed by atoms with Crippen LogP contribution in [0, 0.1) is 0 Å². The Hall–Kier alpha value is -2.86. The van der Waals surface area contributed by atoms with Gasteiger partial charge in [0.2, 0.25) is 11.7 Å². The minimum absolute atomic E-state index is 0.170. The van der Waals surface area contributed by atoms with E-state index >= 15 is 0 Å². The van der Waals surface area contributed by atoms with Crippen molar-refractivity contribution in [2.45, 2.75) is 26.5 Å². The average molecular weight is 386 g/mol. The Morgan fingerprint density at radius 1 is 1.22 bits per heavy atom. The number of aromatic nitrogens is 2. The molecule has 1 aromatic heterocycles. The van der Waals surface area contributed by atoms with Gasteiger partial charge in [0.15, 0.2) is 6.10 Å². The summed E-state index contributed by atoms with van der Waals surface area (Å²) < 4.78 is 11.0. The van der Waals surface area contributed by atoms with Crippen molar-refractivity contribution in [2.75, 3.05) is 6.54 Å². The third kappa shape index (κ3) is 4.86. The highest BCUT2D eigenvalue weighted by Crippen LogP contribution is 2.20. The van der Waals surface area contributed by atoms with Crippen LogP contribution >= 0.6 is 11.6 Å². The molecule has 3 aromatic rings. The molecule has 0 N–H and O–H groups in total. The lowest BCUT2D eigenvalue weighted by Gasteiger charge is -2.23. The molecule has 140 valence electrons. The second-order valence-corrected chi connectivity index (χ2v) is 6.38. The Bertz CT molecular complexity index is 898. The van der Waals surface area contributed by atoms with Crippen molar-refractivity contribution in [1.82, 2.24) is 15.0 Å². The zero-order chi connectivity index (χ0) is 19.2. The maximum absolute atomic E-state index is 12.7. The molecule has 6 nitrogen and oxygen atoms in total. The summed E-state index contributed by atoms with van der Waals surface area (Å²) in [6.07, 6.45) is -0.667. The van der Waals surface area contributed by atoms with Crippen molar-refractivity contribution in [3.63, 3.8) is 0 Å². The molecular formula is C20H20ClN3O3. The fraction of sp³-hybridized carbons (Fsp3) is 0.250. The Kier molecular flexibility index (Phi) is 6.08. The summed E-state index contributed by atoms with van der Waals surface area (Å²) in [4.78, 5) is 18.7. The van der Waals surface area contributed by atoms with Gasteiger partial charge < -0.3 is 14.2 Å². The highest BCUT2D eigenvalue weighted by atomic mass is 35.5. The van der Waals surface area contributed by atoms with E-state index in [-0.39, 0.29) is 12.5 Å². The van der Waals surface area contributed by atoms with E-state index in [9.17, 15) is 4.79 Å². The van der Waals surface area contributed by atoms with Crippen molar-refractivity contribution >= 4 is 17.5 Å². The van der Waals surface area contributed by atoms with Crippen molar-refractivity contribution in [2.24, 2.45) is 0 Å². The topological polar surface area (TPSA) is 68.5 Å². The number of hydrogen-bond acceptors (Lipinski definition) is 5. The Morgan fingerprint density at radius 2 is 2.00 bits per heavy atom. The smallest absolute Gasteiger partial charge is 0.263 e. The van der Waals surface area contributed by atoms with E-state index in [1.807, 2.05) is 37.3 Å². The van der Waals surface area contributed by atoms with Crippen LogP contribution in [0.15, 0.2) is 59.1 Å². The molecule has 0 saturated heterocycles. The molecule has 2 aromatic carbocycles. The Labute approximate surface area is 162 Å². The molecular weight excluding hydrogens is 366 g/mol. The molecule has 0 spiro atoms. The summed E-state index contributed by atoms with van der Waals surface area (Å²) in [6.45, 7) is 4.30. The lowest BCUT2D eigenvalue weighted by atomic mass is 10.2. The molecule has 0 aliphatic rings. The van der Waals surface area contributed by atoms with Gasteiger partial charge in [-0.25, -0.2) is 0 Å². The first kappa shape index (κ1) is 18.9. The largest absolute Gasteiger partial charge is 0.481 e.